The summed E-state index contributed by atoms with van der Waals surface area (Å²) in [5.74, 6) is 0.648. The van der Waals surface area contributed by atoms with Gasteiger partial charge in [0, 0.05) is 12.1 Å². The first-order chi connectivity index (χ1) is 9.47. The minimum atomic E-state index is -0.692. The van der Waals surface area contributed by atoms with E-state index in [2.05, 4.69) is 10.4 Å². The molecule has 0 fully saturated rings. The minimum absolute atomic E-state index is 0.319. The molecule has 106 valence electrons. The molecule has 3 N–H and O–H groups in total. The summed E-state index contributed by atoms with van der Waals surface area (Å²) in [5, 5.41) is 7.16. The van der Waals surface area contributed by atoms with E-state index in [9.17, 15) is 4.79 Å². The summed E-state index contributed by atoms with van der Waals surface area (Å²) in [4.78, 5) is 12.0. The first-order valence-electron chi connectivity index (χ1n) is 5.98. The molecule has 1 aromatic carbocycles. The number of halogens is 1. The SMILES string of the molecule is CC(Oc1cccc(Cl)c1)C(=O)Nc1c(N)cnn1C. The van der Waals surface area contributed by atoms with E-state index in [4.69, 9.17) is 22.1 Å². The third kappa shape index (κ3) is 3.21. The number of nitrogens with one attached hydrogen (secondary N) is 1. The van der Waals surface area contributed by atoms with Gasteiger partial charge in [-0.2, -0.15) is 5.10 Å². The predicted octanol–water partition coefficient (Wildman–Crippen LogP) is 2.06. The average Bonchev–Trinajstić information content (AvgIpc) is 2.70. The second-order valence-corrected chi connectivity index (χ2v) is 4.72. The third-order valence-corrected chi connectivity index (χ3v) is 2.92. The third-order valence-electron chi connectivity index (χ3n) is 2.69. The lowest BCUT2D eigenvalue weighted by atomic mass is 10.3. The molecule has 2 rings (SSSR count). The fraction of sp³-hybridized carbons (Fsp3) is 0.231. The van der Waals surface area contributed by atoms with E-state index < -0.39 is 6.10 Å². The summed E-state index contributed by atoms with van der Waals surface area (Å²) in [6.07, 6.45) is 0.778. The largest absolute Gasteiger partial charge is 0.481 e. The molecule has 0 aliphatic rings. The van der Waals surface area contributed by atoms with Crippen molar-refractivity contribution in [2.75, 3.05) is 11.1 Å². The van der Waals surface area contributed by atoms with Crippen molar-refractivity contribution in [1.82, 2.24) is 9.78 Å². The Morgan fingerprint density at radius 3 is 2.90 bits per heavy atom. The number of nitrogens with two attached hydrogens (primary N) is 1. The molecule has 2 aromatic rings. The van der Waals surface area contributed by atoms with Crippen molar-refractivity contribution in [3.8, 4) is 5.75 Å². The van der Waals surface area contributed by atoms with Crippen molar-refractivity contribution in [3.05, 3.63) is 35.5 Å². The molecule has 1 atom stereocenters. The molecular weight excluding hydrogens is 280 g/mol. The minimum Gasteiger partial charge on any atom is -0.481 e. The number of carbonyl (C=O) groups excluding carboxylic acids is 1. The van der Waals surface area contributed by atoms with E-state index in [0.29, 0.717) is 22.3 Å². The second-order valence-electron chi connectivity index (χ2n) is 4.28. The highest BCUT2D eigenvalue weighted by atomic mass is 35.5. The summed E-state index contributed by atoms with van der Waals surface area (Å²) in [5.41, 5.74) is 6.10. The van der Waals surface area contributed by atoms with Crippen molar-refractivity contribution >= 4 is 29.0 Å². The average molecular weight is 295 g/mol. The van der Waals surface area contributed by atoms with E-state index in [0.717, 1.165) is 0 Å². The van der Waals surface area contributed by atoms with Crippen LogP contribution in [0.15, 0.2) is 30.5 Å². The summed E-state index contributed by atoms with van der Waals surface area (Å²) in [6, 6.07) is 6.86. The standard InChI is InChI=1S/C13H15ClN4O2/c1-8(20-10-5-3-4-9(14)6-10)13(19)17-12-11(15)7-16-18(12)2/h3-8H,15H2,1-2H3,(H,17,19). The fourth-order valence-electron chi connectivity index (χ4n) is 1.62. The molecule has 0 radical (unpaired) electrons. The maximum absolute atomic E-state index is 12.0. The van der Waals surface area contributed by atoms with E-state index in [1.165, 1.54) is 10.9 Å². The number of ether oxygens (including phenoxy) is 1. The summed E-state index contributed by atoms with van der Waals surface area (Å²) < 4.78 is 7.00. The van der Waals surface area contributed by atoms with Gasteiger partial charge >= 0.3 is 0 Å². The Balaban J connectivity index is 2.02. The molecule has 1 heterocycles. The molecule has 0 bridgehead atoms. The highest BCUT2D eigenvalue weighted by molar-refractivity contribution is 6.30. The Hall–Kier alpha value is -2.21. The number of hydrogen-bond donors (Lipinski definition) is 2. The van der Waals surface area contributed by atoms with Crippen molar-refractivity contribution in [1.29, 1.82) is 0 Å². The van der Waals surface area contributed by atoms with Gasteiger partial charge in [0.2, 0.25) is 0 Å². The monoisotopic (exact) mass is 294 g/mol. The number of carbonyl (C=O) groups is 1. The first-order valence-corrected chi connectivity index (χ1v) is 6.35. The van der Waals surface area contributed by atoms with Gasteiger partial charge in [-0.1, -0.05) is 17.7 Å². The lowest BCUT2D eigenvalue weighted by Crippen LogP contribution is -2.31. The molecule has 0 aliphatic heterocycles. The molecule has 1 unspecified atom stereocenters. The van der Waals surface area contributed by atoms with E-state index in [1.54, 1.807) is 38.2 Å². The van der Waals surface area contributed by atoms with E-state index >= 15 is 0 Å². The molecule has 7 heteroatoms. The van der Waals surface area contributed by atoms with Crippen molar-refractivity contribution in [2.24, 2.45) is 7.05 Å². The summed E-state index contributed by atoms with van der Waals surface area (Å²) >= 11 is 5.86. The number of rotatable bonds is 4. The topological polar surface area (TPSA) is 82.2 Å². The van der Waals surface area contributed by atoms with Crippen LogP contribution in [0.1, 0.15) is 6.92 Å². The van der Waals surface area contributed by atoms with Crippen molar-refractivity contribution in [3.63, 3.8) is 0 Å². The molecule has 0 saturated heterocycles. The number of aromatic nitrogens is 2. The van der Waals surface area contributed by atoms with Gasteiger partial charge in [0.15, 0.2) is 11.9 Å². The number of hydrogen-bond acceptors (Lipinski definition) is 4. The van der Waals surface area contributed by atoms with Gasteiger partial charge < -0.3 is 15.8 Å². The van der Waals surface area contributed by atoms with E-state index in [-0.39, 0.29) is 5.91 Å². The van der Waals surface area contributed by atoms with Crippen LogP contribution in [0.2, 0.25) is 5.02 Å². The van der Waals surface area contributed by atoms with Crippen molar-refractivity contribution in [2.45, 2.75) is 13.0 Å². The zero-order valence-electron chi connectivity index (χ0n) is 11.1. The Morgan fingerprint density at radius 2 is 2.30 bits per heavy atom. The second kappa shape index (κ2) is 5.83. The number of nitrogen functional groups attached to an aromatic ring is 1. The predicted molar refractivity (Wildman–Crippen MR) is 77.8 cm³/mol. The van der Waals surface area contributed by atoms with Crippen LogP contribution < -0.4 is 15.8 Å². The molecule has 1 amide bonds. The van der Waals surface area contributed by atoms with Crippen LogP contribution in [0.5, 0.6) is 5.75 Å². The quantitative estimate of drug-likeness (QED) is 0.904. The molecular formula is C13H15ClN4O2. The van der Waals surface area contributed by atoms with Crippen LogP contribution in [0, 0.1) is 0 Å². The van der Waals surface area contributed by atoms with Crippen LogP contribution in [0.4, 0.5) is 11.5 Å². The van der Waals surface area contributed by atoms with Crippen LogP contribution in [0.25, 0.3) is 0 Å². The molecule has 1 aromatic heterocycles. The van der Waals surface area contributed by atoms with Crippen LogP contribution in [-0.4, -0.2) is 21.8 Å². The highest BCUT2D eigenvalue weighted by Crippen LogP contribution is 2.20. The molecule has 6 nitrogen and oxygen atoms in total. The van der Waals surface area contributed by atoms with E-state index in [1.807, 2.05) is 0 Å². The van der Waals surface area contributed by atoms with Gasteiger partial charge in [0.1, 0.15) is 5.75 Å². The van der Waals surface area contributed by atoms with Gasteiger partial charge in [-0.25, -0.2) is 0 Å². The maximum atomic E-state index is 12.0. The molecule has 0 saturated carbocycles. The van der Waals surface area contributed by atoms with Crippen LogP contribution in [0.3, 0.4) is 0 Å². The summed E-state index contributed by atoms with van der Waals surface area (Å²) in [6.45, 7) is 1.64. The maximum Gasteiger partial charge on any atom is 0.266 e. The number of anilines is 2. The number of amides is 1. The van der Waals surface area contributed by atoms with Crippen molar-refractivity contribution < 1.29 is 9.53 Å². The molecule has 0 spiro atoms. The summed E-state index contributed by atoms with van der Waals surface area (Å²) in [7, 11) is 1.69. The molecule has 20 heavy (non-hydrogen) atoms. The zero-order chi connectivity index (χ0) is 14.7. The number of nitrogens with zero attached hydrogens (tertiary/aromatic N) is 2. The lowest BCUT2D eigenvalue weighted by Gasteiger charge is -2.15. The Bertz CT molecular complexity index is 607. The van der Waals surface area contributed by atoms with Gasteiger partial charge in [-0.05, 0) is 25.1 Å². The van der Waals surface area contributed by atoms with Gasteiger partial charge in [0.05, 0.1) is 11.9 Å². The van der Waals surface area contributed by atoms with Gasteiger partial charge in [-0.3, -0.25) is 9.48 Å². The zero-order valence-corrected chi connectivity index (χ0v) is 11.9. The number of aryl methyl sites for hydroxylation is 1. The Morgan fingerprint density at radius 1 is 1.55 bits per heavy atom. The normalized spacial score (nSPS) is 11.9. The molecule has 0 aliphatic carbocycles. The number of benzene rings is 1. The van der Waals surface area contributed by atoms with Crippen LogP contribution >= 0.6 is 11.6 Å². The van der Waals surface area contributed by atoms with Crippen LogP contribution in [-0.2, 0) is 11.8 Å². The Kier molecular flexibility index (Phi) is 4.14. The Labute approximate surface area is 121 Å². The smallest absolute Gasteiger partial charge is 0.266 e. The lowest BCUT2D eigenvalue weighted by molar-refractivity contribution is -0.122. The van der Waals surface area contributed by atoms with Gasteiger partial charge in [0.25, 0.3) is 5.91 Å². The first kappa shape index (κ1) is 14.2. The fourth-order valence-corrected chi connectivity index (χ4v) is 1.80. The highest BCUT2D eigenvalue weighted by Gasteiger charge is 2.17. The van der Waals surface area contributed by atoms with Gasteiger partial charge in [-0.15, -0.1) is 0 Å².